The van der Waals surface area contributed by atoms with Gasteiger partial charge in [0.15, 0.2) is 5.82 Å². The van der Waals surface area contributed by atoms with Crippen molar-refractivity contribution in [3.8, 4) is 28.5 Å². The molecule has 0 N–H and O–H groups in total. The first-order valence-corrected chi connectivity index (χ1v) is 10.4. The zero-order chi connectivity index (χ0) is 22.7. The molecule has 0 saturated carbocycles. The van der Waals surface area contributed by atoms with Crippen LogP contribution in [0.1, 0.15) is 26.3 Å². The summed E-state index contributed by atoms with van der Waals surface area (Å²) in [7, 11) is 0. The molecule has 3 rings (SSSR count). The fourth-order valence-corrected chi connectivity index (χ4v) is 3.64. The molecule has 7 heteroatoms. The van der Waals surface area contributed by atoms with Crippen LogP contribution in [-0.2, 0) is 4.79 Å². The molecule has 2 aromatic carbocycles. The third-order valence-corrected chi connectivity index (χ3v) is 5.21. The molecule has 1 amide bonds. The summed E-state index contributed by atoms with van der Waals surface area (Å²) in [6.45, 7) is 5.78. The average Bonchev–Trinajstić information content (AvgIpc) is 2.71. The van der Waals surface area contributed by atoms with Crippen LogP contribution in [0.25, 0.3) is 22.4 Å². The van der Waals surface area contributed by atoms with Crippen LogP contribution in [0.3, 0.4) is 0 Å². The molecule has 4 nitrogen and oxygen atoms in total. The number of aromatic nitrogens is 1. The highest BCUT2D eigenvalue weighted by Crippen LogP contribution is 2.38. The maximum atomic E-state index is 13.7. The fraction of sp³-hybridized carbons (Fsp3) is 0.208. The summed E-state index contributed by atoms with van der Waals surface area (Å²) in [5.74, 6) is -0.295. The number of hydrogen-bond donors (Lipinski definition) is 0. The molecule has 0 bridgehead atoms. The van der Waals surface area contributed by atoms with E-state index in [1.165, 1.54) is 30.0 Å². The Balaban J connectivity index is 2.34. The van der Waals surface area contributed by atoms with Crippen LogP contribution in [0.15, 0.2) is 48.5 Å². The van der Waals surface area contributed by atoms with E-state index in [0.717, 1.165) is 5.56 Å². The highest BCUT2D eigenvalue weighted by Gasteiger charge is 2.23. The van der Waals surface area contributed by atoms with Crippen molar-refractivity contribution in [3.63, 3.8) is 0 Å². The number of nitriles is 1. The largest absolute Gasteiger partial charge is 0.296 e. The van der Waals surface area contributed by atoms with Crippen molar-refractivity contribution in [3.05, 3.63) is 70.0 Å². The minimum absolute atomic E-state index is 0.158. The molecule has 0 saturated heterocycles. The average molecular weight is 456 g/mol. The van der Waals surface area contributed by atoms with E-state index in [2.05, 4.69) is 6.07 Å². The molecular weight excluding hydrogens is 436 g/mol. The van der Waals surface area contributed by atoms with Crippen LogP contribution in [0.2, 0.25) is 10.0 Å². The predicted molar refractivity (Wildman–Crippen MR) is 123 cm³/mol. The molecule has 3 aromatic rings. The quantitative estimate of drug-likeness (QED) is 0.427. The van der Waals surface area contributed by atoms with Gasteiger partial charge in [-0.1, -0.05) is 49.2 Å². The number of amides is 1. The number of rotatable bonds is 5. The Kier molecular flexibility index (Phi) is 6.94. The third kappa shape index (κ3) is 5.04. The number of nitrogens with zero attached hydrogens (tertiary/aromatic N) is 3. The van der Waals surface area contributed by atoms with Crippen LogP contribution in [0.5, 0.6) is 0 Å². The summed E-state index contributed by atoms with van der Waals surface area (Å²) in [5, 5.41) is 10.6. The lowest BCUT2D eigenvalue weighted by atomic mass is 9.97. The Hall–Kier alpha value is -2.94. The highest BCUT2D eigenvalue weighted by atomic mass is 35.5. The molecule has 0 aliphatic heterocycles. The molecule has 0 aliphatic rings. The van der Waals surface area contributed by atoms with Gasteiger partial charge < -0.3 is 0 Å². The summed E-state index contributed by atoms with van der Waals surface area (Å²) in [4.78, 5) is 18.6. The van der Waals surface area contributed by atoms with Crippen LogP contribution in [0.4, 0.5) is 10.2 Å². The molecule has 1 heterocycles. The Morgan fingerprint density at radius 2 is 1.81 bits per heavy atom. The van der Waals surface area contributed by atoms with Crippen molar-refractivity contribution in [2.45, 2.75) is 20.8 Å². The topological polar surface area (TPSA) is 57.0 Å². The van der Waals surface area contributed by atoms with E-state index in [4.69, 9.17) is 28.2 Å². The Labute approximate surface area is 190 Å². The number of carbonyl (C=O) groups excluding carboxylic acids is 1. The first kappa shape index (κ1) is 22.7. The van der Waals surface area contributed by atoms with Crippen LogP contribution in [0, 0.1) is 23.1 Å². The number of hydrogen-bond acceptors (Lipinski definition) is 3. The van der Waals surface area contributed by atoms with Gasteiger partial charge in [0.2, 0.25) is 5.91 Å². The van der Waals surface area contributed by atoms with Gasteiger partial charge in [-0.05, 0) is 47.9 Å². The minimum atomic E-state index is -0.471. The lowest BCUT2D eigenvalue weighted by molar-refractivity contribution is -0.116. The normalized spacial score (nSPS) is 10.8. The van der Waals surface area contributed by atoms with Crippen molar-refractivity contribution >= 4 is 34.9 Å². The summed E-state index contributed by atoms with van der Waals surface area (Å²) in [5.41, 5.74) is 2.57. The van der Waals surface area contributed by atoms with Gasteiger partial charge >= 0.3 is 0 Å². The standard InChI is InChI=1S/C24H20Cl2FN3O/c1-14(2)13-30(15(3)31)24-17(12-28)10-21(16-4-6-18(25)7-5-16)23(29-24)20-9-8-19(27)11-22(20)26/h4-11,14H,13H2,1-3H3. The number of pyridine rings is 1. The van der Waals surface area contributed by atoms with Crippen LogP contribution >= 0.6 is 23.2 Å². The van der Waals surface area contributed by atoms with Gasteiger partial charge in [-0.2, -0.15) is 5.26 Å². The molecule has 0 fully saturated rings. The third-order valence-electron chi connectivity index (χ3n) is 4.65. The fourth-order valence-electron chi connectivity index (χ4n) is 3.26. The minimum Gasteiger partial charge on any atom is -0.296 e. The van der Waals surface area contributed by atoms with E-state index in [9.17, 15) is 14.4 Å². The molecule has 158 valence electrons. The van der Waals surface area contributed by atoms with Gasteiger partial charge in [0.1, 0.15) is 11.9 Å². The molecular formula is C24H20Cl2FN3O. The van der Waals surface area contributed by atoms with E-state index >= 15 is 0 Å². The maximum absolute atomic E-state index is 13.7. The maximum Gasteiger partial charge on any atom is 0.225 e. The Bertz CT molecular complexity index is 1170. The predicted octanol–water partition coefficient (Wildman–Crippen LogP) is 6.74. The van der Waals surface area contributed by atoms with Crippen LogP contribution < -0.4 is 4.90 Å². The van der Waals surface area contributed by atoms with Gasteiger partial charge in [-0.25, -0.2) is 9.37 Å². The van der Waals surface area contributed by atoms with E-state index < -0.39 is 5.82 Å². The number of carbonyl (C=O) groups is 1. The molecule has 0 spiro atoms. The number of benzene rings is 2. The zero-order valence-electron chi connectivity index (χ0n) is 17.3. The van der Waals surface area contributed by atoms with Gasteiger partial charge in [0.05, 0.1) is 16.3 Å². The Morgan fingerprint density at radius 3 is 2.35 bits per heavy atom. The second-order valence-corrected chi connectivity index (χ2v) is 8.37. The van der Waals surface area contributed by atoms with E-state index in [-0.39, 0.29) is 28.2 Å². The number of halogens is 3. The van der Waals surface area contributed by atoms with E-state index in [0.29, 0.717) is 28.4 Å². The summed E-state index contributed by atoms with van der Waals surface area (Å²) >= 11 is 12.4. The molecule has 0 atom stereocenters. The molecule has 0 radical (unpaired) electrons. The Morgan fingerprint density at radius 1 is 1.13 bits per heavy atom. The first-order chi connectivity index (χ1) is 14.7. The second-order valence-electron chi connectivity index (χ2n) is 7.52. The first-order valence-electron chi connectivity index (χ1n) is 9.66. The summed E-state index contributed by atoms with van der Waals surface area (Å²) in [6, 6.07) is 14.9. The second kappa shape index (κ2) is 9.47. The van der Waals surface area contributed by atoms with Crippen molar-refractivity contribution in [2.75, 3.05) is 11.4 Å². The van der Waals surface area contributed by atoms with Crippen molar-refractivity contribution < 1.29 is 9.18 Å². The number of anilines is 1. The SMILES string of the molecule is CC(=O)N(CC(C)C)c1nc(-c2ccc(F)cc2Cl)c(-c2ccc(Cl)cc2)cc1C#N. The lowest BCUT2D eigenvalue weighted by Gasteiger charge is -2.25. The van der Waals surface area contributed by atoms with Crippen molar-refractivity contribution in [1.82, 2.24) is 4.98 Å². The molecule has 1 aromatic heterocycles. The van der Waals surface area contributed by atoms with Gasteiger partial charge in [0, 0.05) is 29.6 Å². The zero-order valence-corrected chi connectivity index (χ0v) is 18.8. The smallest absolute Gasteiger partial charge is 0.225 e. The monoisotopic (exact) mass is 455 g/mol. The van der Waals surface area contributed by atoms with E-state index in [1.54, 1.807) is 30.3 Å². The van der Waals surface area contributed by atoms with Crippen LogP contribution in [-0.4, -0.2) is 17.4 Å². The molecule has 0 unspecified atom stereocenters. The summed E-state index contributed by atoms with van der Waals surface area (Å²) in [6.07, 6.45) is 0. The summed E-state index contributed by atoms with van der Waals surface area (Å²) < 4.78 is 13.7. The van der Waals surface area contributed by atoms with E-state index in [1.807, 2.05) is 13.8 Å². The van der Waals surface area contributed by atoms with Crippen molar-refractivity contribution in [1.29, 1.82) is 5.26 Å². The van der Waals surface area contributed by atoms with Gasteiger partial charge in [-0.3, -0.25) is 9.69 Å². The molecule has 31 heavy (non-hydrogen) atoms. The lowest BCUT2D eigenvalue weighted by Crippen LogP contribution is -2.33. The van der Waals surface area contributed by atoms with Gasteiger partial charge in [0.25, 0.3) is 0 Å². The van der Waals surface area contributed by atoms with Crippen molar-refractivity contribution in [2.24, 2.45) is 5.92 Å². The molecule has 0 aliphatic carbocycles. The highest BCUT2D eigenvalue weighted by molar-refractivity contribution is 6.33. The van der Waals surface area contributed by atoms with Gasteiger partial charge in [-0.15, -0.1) is 0 Å².